The Morgan fingerprint density at radius 3 is 2.75 bits per heavy atom. The van der Waals surface area contributed by atoms with Gasteiger partial charge in [0.1, 0.15) is 0 Å². The van der Waals surface area contributed by atoms with Crippen LogP contribution >= 0.6 is 0 Å². The van der Waals surface area contributed by atoms with Crippen molar-refractivity contribution < 1.29 is 4.74 Å². The minimum atomic E-state index is 0.681. The fourth-order valence-electron chi connectivity index (χ4n) is 1.16. The summed E-state index contributed by atoms with van der Waals surface area (Å²) in [4.78, 5) is 0. The van der Waals surface area contributed by atoms with Crippen LogP contribution in [0, 0.1) is 0 Å². The van der Waals surface area contributed by atoms with Crippen LogP contribution in [0.3, 0.4) is 0 Å². The Hall–Kier alpha value is -1.08. The number of hydrogen-bond donors (Lipinski definition) is 0. The zero-order valence-corrected chi connectivity index (χ0v) is 7.58. The van der Waals surface area contributed by atoms with E-state index in [2.05, 4.69) is 18.2 Å². The molecular weight excluding hydrogens is 148 g/mol. The predicted octanol–water partition coefficient (Wildman–Crippen LogP) is 2.87. The molecular formula is C11H14O. The van der Waals surface area contributed by atoms with Crippen molar-refractivity contribution in [3.05, 3.63) is 41.5 Å². The fourth-order valence-corrected chi connectivity index (χ4v) is 1.16. The molecule has 1 nitrogen and oxygen atoms in total. The highest BCUT2D eigenvalue weighted by molar-refractivity contribution is 5.53. The van der Waals surface area contributed by atoms with Gasteiger partial charge < -0.3 is 4.74 Å². The topological polar surface area (TPSA) is 9.23 Å². The van der Waals surface area contributed by atoms with Crippen molar-refractivity contribution in [2.45, 2.75) is 13.5 Å². The van der Waals surface area contributed by atoms with Gasteiger partial charge in [0, 0.05) is 7.11 Å². The van der Waals surface area contributed by atoms with Crippen LogP contribution in [-0.2, 0) is 11.3 Å². The fraction of sp³-hybridized carbons (Fsp3) is 0.273. The summed E-state index contributed by atoms with van der Waals surface area (Å²) in [6.07, 6.45) is 4.13. The molecule has 0 radical (unpaired) electrons. The molecule has 0 aromatic heterocycles. The third-order valence-electron chi connectivity index (χ3n) is 1.70. The summed E-state index contributed by atoms with van der Waals surface area (Å²) in [5.41, 5.74) is 2.47. The van der Waals surface area contributed by atoms with E-state index in [1.54, 1.807) is 7.11 Å². The molecule has 0 heterocycles. The van der Waals surface area contributed by atoms with Gasteiger partial charge in [0.2, 0.25) is 0 Å². The van der Waals surface area contributed by atoms with Gasteiger partial charge in [-0.1, -0.05) is 36.4 Å². The van der Waals surface area contributed by atoms with Crippen LogP contribution in [0.1, 0.15) is 18.1 Å². The van der Waals surface area contributed by atoms with E-state index in [9.17, 15) is 0 Å². The Bertz CT molecular complexity index is 263. The van der Waals surface area contributed by atoms with Crippen molar-refractivity contribution in [1.29, 1.82) is 0 Å². The molecule has 0 fully saturated rings. The van der Waals surface area contributed by atoms with Crippen molar-refractivity contribution >= 4 is 6.08 Å². The molecule has 1 aromatic rings. The average Bonchev–Trinajstić information content (AvgIpc) is 2.09. The minimum absolute atomic E-state index is 0.681. The van der Waals surface area contributed by atoms with Gasteiger partial charge in [-0.15, -0.1) is 0 Å². The first-order valence-corrected chi connectivity index (χ1v) is 4.08. The molecule has 0 aliphatic rings. The van der Waals surface area contributed by atoms with E-state index in [1.165, 1.54) is 11.1 Å². The lowest BCUT2D eigenvalue weighted by Crippen LogP contribution is -1.90. The molecule has 0 aliphatic carbocycles. The number of rotatable bonds is 3. The molecule has 0 spiro atoms. The van der Waals surface area contributed by atoms with Gasteiger partial charge >= 0.3 is 0 Å². The lowest BCUT2D eigenvalue weighted by molar-refractivity contribution is 0.184. The highest BCUT2D eigenvalue weighted by Gasteiger charge is 1.95. The van der Waals surface area contributed by atoms with Crippen LogP contribution in [0.25, 0.3) is 6.08 Å². The lowest BCUT2D eigenvalue weighted by atomic mass is 10.1. The molecule has 1 aromatic carbocycles. The Kier molecular flexibility index (Phi) is 3.55. The molecule has 12 heavy (non-hydrogen) atoms. The van der Waals surface area contributed by atoms with Crippen molar-refractivity contribution in [2.24, 2.45) is 0 Å². The smallest absolute Gasteiger partial charge is 0.0718 e. The summed E-state index contributed by atoms with van der Waals surface area (Å²) in [5, 5.41) is 0. The Morgan fingerprint density at radius 2 is 2.08 bits per heavy atom. The van der Waals surface area contributed by atoms with Gasteiger partial charge in [0.25, 0.3) is 0 Å². The van der Waals surface area contributed by atoms with Crippen LogP contribution in [0.15, 0.2) is 30.3 Å². The first-order chi connectivity index (χ1) is 5.88. The molecule has 0 saturated carbocycles. The largest absolute Gasteiger partial charge is 0.380 e. The lowest BCUT2D eigenvalue weighted by Gasteiger charge is -2.03. The standard InChI is InChI=1S/C11H14O/c1-3-6-10-7-4-5-8-11(10)9-12-2/h3-8H,9H2,1-2H3/b6-3-. The maximum Gasteiger partial charge on any atom is 0.0718 e. The predicted molar refractivity (Wildman–Crippen MR) is 51.9 cm³/mol. The number of benzene rings is 1. The first kappa shape index (κ1) is 9.01. The van der Waals surface area contributed by atoms with Crippen molar-refractivity contribution in [3.8, 4) is 0 Å². The number of allylic oxidation sites excluding steroid dienone is 1. The maximum atomic E-state index is 5.08. The Morgan fingerprint density at radius 1 is 1.33 bits per heavy atom. The minimum Gasteiger partial charge on any atom is -0.380 e. The number of methoxy groups -OCH3 is 1. The second-order valence-electron chi connectivity index (χ2n) is 2.63. The van der Waals surface area contributed by atoms with E-state index >= 15 is 0 Å². The van der Waals surface area contributed by atoms with E-state index in [-0.39, 0.29) is 0 Å². The highest BCUT2D eigenvalue weighted by atomic mass is 16.5. The van der Waals surface area contributed by atoms with E-state index in [0.29, 0.717) is 6.61 Å². The van der Waals surface area contributed by atoms with Crippen LogP contribution in [-0.4, -0.2) is 7.11 Å². The summed E-state index contributed by atoms with van der Waals surface area (Å²) >= 11 is 0. The molecule has 0 N–H and O–H groups in total. The summed E-state index contributed by atoms with van der Waals surface area (Å²) in [6, 6.07) is 8.24. The summed E-state index contributed by atoms with van der Waals surface area (Å²) in [5.74, 6) is 0. The third-order valence-corrected chi connectivity index (χ3v) is 1.70. The molecule has 0 amide bonds. The summed E-state index contributed by atoms with van der Waals surface area (Å²) in [6.45, 7) is 2.70. The monoisotopic (exact) mass is 162 g/mol. The van der Waals surface area contributed by atoms with E-state index in [1.807, 2.05) is 25.1 Å². The molecule has 64 valence electrons. The van der Waals surface area contributed by atoms with Crippen LogP contribution < -0.4 is 0 Å². The van der Waals surface area contributed by atoms with Gasteiger partial charge in [-0.05, 0) is 18.1 Å². The van der Waals surface area contributed by atoms with E-state index < -0.39 is 0 Å². The van der Waals surface area contributed by atoms with Gasteiger partial charge in [0.15, 0.2) is 0 Å². The Balaban J connectivity index is 2.91. The van der Waals surface area contributed by atoms with E-state index in [0.717, 1.165) is 0 Å². The Labute approximate surface area is 73.7 Å². The highest BCUT2D eigenvalue weighted by Crippen LogP contribution is 2.11. The van der Waals surface area contributed by atoms with Crippen molar-refractivity contribution in [1.82, 2.24) is 0 Å². The van der Waals surface area contributed by atoms with Gasteiger partial charge in [-0.25, -0.2) is 0 Å². The van der Waals surface area contributed by atoms with Crippen LogP contribution in [0.2, 0.25) is 0 Å². The maximum absolute atomic E-state index is 5.08. The second kappa shape index (κ2) is 4.73. The molecule has 0 bridgehead atoms. The zero-order valence-electron chi connectivity index (χ0n) is 7.58. The molecule has 0 atom stereocenters. The number of hydrogen-bond acceptors (Lipinski definition) is 1. The SMILES string of the molecule is C/C=C\c1ccccc1COC. The molecule has 0 unspecified atom stereocenters. The normalized spacial score (nSPS) is 10.8. The summed E-state index contributed by atoms with van der Waals surface area (Å²) in [7, 11) is 1.71. The molecule has 1 rings (SSSR count). The average molecular weight is 162 g/mol. The molecule has 1 heteroatoms. The second-order valence-corrected chi connectivity index (χ2v) is 2.63. The van der Waals surface area contributed by atoms with Gasteiger partial charge in [-0.2, -0.15) is 0 Å². The summed E-state index contributed by atoms with van der Waals surface area (Å²) < 4.78 is 5.08. The van der Waals surface area contributed by atoms with Gasteiger partial charge in [0.05, 0.1) is 6.61 Å². The molecule has 0 saturated heterocycles. The van der Waals surface area contributed by atoms with Gasteiger partial charge in [-0.3, -0.25) is 0 Å². The molecule has 0 aliphatic heterocycles. The number of ether oxygens (including phenoxy) is 1. The quantitative estimate of drug-likeness (QED) is 0.664. The zero-order chi connectivity index (χ0) is 8.81. The van der Waals surface area contributed by atoms with Crippen LogP contribution in [0.4, 0.5) is 0 Å². The van der Waals surface area contributed by atoms with Crippen molar-refractivity contribution in [2.75, 3.05) is 7.11 Å². The van der Waals surface area contributed by atoms with Crippen molar-refractivity contribution in [3.63, 3.8) is 0 Å². The van der Waals surface area contributed by atoms with Crippen LogP contribution in [0.5, 0.6) is 0 Å². The first-order valence-electron chi connectivity index (χ1n) is 4.08. The third kappa shape index (κ3) is 2.21. The van der Waals surface area contributed by atoms with E-state index in [4.69, 9.17) is 4.74 Å².